The molecule has 238 valence electrons. The van der Waals surface area contributed by atoms with E-state index >= 15 is 0 Å². The number of aromatic amines is 2. The number of H-pyrrole nitrogens is 2. The summed E-state index contributed by atoms with van der Waals surface area (Å²) in [5.74, 6) is -0.153. The lowest BCUT2D eigenvalue weighted by Crippen LogP contribution is -2.38. The van der Waals surface area contributed by atoms with E-state index in [1.807, 2.05) is 13.0 Å². The van der Waals surface area contributed by atoms with Crippen molar-refractivity contribution in [2.24, 2.45) is 0 Å². The topological polar surface area (TPSA) is 153 Å². The highest BCUT2D eigenvalue weighted by molar-refractivity contribution is 6.13. The number of nitrogens with one attached hydrogen (secondary N) is 2. The summed E-state index contributed by atoms with van der Waals surface area (Å²) in [6, 6.07) is 18.1. The van der Waals surface area contributed by atoms with E-state index < -0.39 is 17.1 Å². The van der Waals surface area contributed by atoms with Crippen molar-refractivity contribution in [3.05, 3.63) is 122 Å². The number of nitrogens with two attached hydrogens (primary N) is 1. The number of carbonyl (C=O) groups is 1. The number of benzene rings is 3. The number of anilines is 2. The summed E-state index contributed by atoms with van der Waals surface area (Å²) < 4.78 is 28.3. The van der Waals surface area contributed by atoms with Crippen LogP contribution in [0.5, 0.6) is 11.5 Å². The molecule has 12 nitrogen and oxygen atoms in total. The molecule has 47 heavy (non-hydrogen) atoms. The predicted octanol–water partition coefficient (Wildman–Crippen LogP) is 4.39. The van der Waals surface area contributed by atoms with E-state index in [0.29, 0.717) is 54.6 Å². The maximum absolute atomic E-state index is 14.1. The van der Waals surface area contributed by atoms with Gasteiger partial charge in [0, 0.05) is 35.8 Å². The molecule has 1 fully saturated rings. The summed E-state index contributed by atoms with van der Waals surface area (Å²) in [6.07, 6.45) is 1.42. The number of halogens is 1. The smallest absolute Gasteiger partial charge is 0.333 e. The third-order valence-electron chi connectivity index (χ3n) is 8.19. The Bertz CT molecular complexity index is 2290. The Balaban J connectivity index is 1.23. The minimum Gasteiger partial charge on any atom is -0.454 e. The molecule has 1 saturated heterocycles. The highest BCUT2D eigenvalue weighted by atomic mass is 19.1. The summed E-state index contributed by atoms with van der Waals surface area (Å²) in [7, 11) is 0. The van der Waals surface area contributed by atoms with E-state index in [0.717, 1.165) is 16.6 Å². The van der Waals surface area contributed by atoms with Gasteiger partial charge in [-0.15, -0.1) is 0 Å². The van der Waals surface area contributed by atoms with Crippen LogP contribution in [0, 0.1) is 19.7 Å². The number of rotatable bonds is 7. The van der Waals surface area contributed by atoms with Crippen molar-refractivity contribution in [1.82, 2.24) is 24.3 Å². The maximum Gasteiger partial charge on any atom is 0.333 e. The first kappa shape index (κ1) is 29.7. The molecule has 4 heterocycles. The van der Waals surface area contributed by atoms with Gasteiger partial charge in [-0.25, -0.2) is 13.9 Å². The Morgan fingerprint density at radius 2 is 1.74 bits per heavy atom. The zero-order chi connectivity index (χ0) is 32.8. The number of aryl methyl sites for hydroxylation is 2. The quantitative estimate of drug-likeness (QED) is 0.218. The summed E-state index contributed by atoms with van der Waals surface area (Å²) in [4.78, 5) is 46.4. The molecule has 4 N–H and O–H groups in total. The molecule has 1 aliphatic heterocycles. The highest BCUT2D eigenvalue weighted by Gasteiger charge is 2.23. The number of nitrogens with zero attached hydrogens (tertiary/aromatic N) is 4. The van der Waals surface area contributed by atoms with Crippen LogP contribution in [-0.4, -0.2) is 56.4 Å². The molecule has 0 radical (unpaired) electrons. The summed E-state index contributed by atoms with van der Waals surface area (Å²) in [5, 5.41) is 5.15. The van der Waals surface area contributed by atoms with Gasteiger partial charge in [-0.2, -0.15) is 5.10 Å². The van der Waals surface area contributed by atoms with E-state index in [9.17, 15) is 18.8 Å². The van der Waals surface area contributed by atoms with Crippen molar-refractivity contribution in [2.45, 2.75) is 13.8 Å². The number of ether oxygens (including phenoxy) is 2. The number of carbonyl (C=O) groups excluding carboxylic acids is 1. The van der Waals surface area contributed by atoms with Crippen LogP contribution in [0.3, 0.4) is 0 Å². The standard InChI is InChI=1S/C34H30FN7O5/c1-19-13-22(47-30-6-4-3-5-24(30)35)7-8-27(19)42-33(36)23(18-37-42)32(44)26-15-21-16-28(40-9-11-46-12-10-40)29(17-25(21)38-26)41-20(2)14-31(43)39-34(41)45/h3-8,13-18,38H,9-12,36H2,1-2H3,(H,39,43,45). The molecule has 0 amide bonds. The Labute approximate surface area is 266 Å². The van der Waals surface area contributed by atoms with Crippen molar-refractivity contribution >= 4 is 28.2 Å². The molecule has 0 spiro atoms. The van der Waals surface area contributed by atoms with Crippen molar-refractivity contribution in [3.8, 4) is 22.9 Å². The molecular formula is C34H30FN7O5. The lowest BCUT2D eigenvalue weighted by molar-refractivity contribution is 0.103. The van der Waals surface area contributed by atoms with Crippen LogP contribution in [0.15, 0.2) is 82.5 Å². The first-order chi connectivity index (χ1) is 22.7. The van der Waals surface area contributed by atoms with Crippen LogP contribution < -0.4 is 26.6 Å². The molecule has 0 saturated carbocycles. The monoisotopic (exact) mass is 635 g/mol. The zero-order valence-corrected chi connectivity index (χ0v) is 25.5. The predicted molar refractivity (Wildman–Crippen MR) is 175 cm³/mol. The average molecular weight is 636 g/mol. The van der Waals surface area contributed by atoms with Gasteiger partial charge in [0.25, 0.3) is 5.56 Å². The summed E-state index contributed by atoms with van der Waals surface area (Å²) in [6.45, 7) is 5.80. The molecular weight excluding hydrogens is 605 g/mol. The van der Waals surface area contributed by atoms with Crippen molar-refractivity contribution in [2.75, 3.05) is 36.9 Å². The van der Waals surface area contributed by atoms with E-state index in [2.05, 4.69) is 20.0 Å². The molecule has 13 heteroatoms. The fraction of sp³-hybridized carbons (Fsp3) is 0.176. The lowest BCUT2D eigenvalue weighted by atomic mass is 10.1. The minimum atomic E-state index is -0.561. The third-order valence-corrected chi connectivity index (χ3v) is 8.19. The number of ketones is 1. The van der Waals surface area contributed by atoms with Crippen LogP contribution in [0.25, 0.3) is 22.3 Å². The second kappa shape index (κ2) is 11.8. The Hall–Kier alpha value is -5.95. The Morgan fingerprint density at radius 3 is 2.49 bits per heavy atom. The Morgan fingerprint density at radius 1 is 0.957 bits per heavy atom. The SMILES string of the molecule is Cc1cc(Oc2ccccc2F)ccc1-n1ncc(C(=O)c2cc3cc(N4CCOCC4)c(-n4c(C)cc(=O)[nH]c4=O)cc3[nH]2)c1N. The summed E-state index contributed by atoms with van der Waals surface area (Å²) in [5.41, 5.74) is 9.71. The van der Waals surface area contributed by atoms with Gasteiger partial charge >= 0.3 is 5.69 Å². The number of morpholine rings is 1. The fourth-order valence-corrected chi connectivity index (χ4v) is 5.88. The molecule has 3 aromatic heterocycles. The van der Waals surface area contributed by atoms with Gasteiger partial charge in [-0.1, -0.05) is 12.1 Å². The molecule has 0 atom stereocenters. The molecule has 0 aliphatic carbocycles. The van der Waals surface area contributed by atoms with E-state index in [-0.39, 0.29) is 28.6 Å². The van der Waals surface area contributed by atoms with E-state index in [1.165, 1.54) is 27.6 Å². The number of hydrogen-bond donors (Lipinski definition) is 3. The zero-order valence-electron chi connectivity index (χ0n) is 25.5. The van der Waals surface area contributed by atoms with Gasteiger partial charge in [0.15, 0.2) is 11.6 Å². The maximum atomic E-state index is 14.1. The van der Waals surface area contributed by atoms with Gasteiger partial charge in [0.1, 0.15) is 11.6 Å². The van der Waals surface area contributed by atoms with Crippen LogP contribution >= 0.6 is 0 Å². The lowest BCUT2D eigenvalue weighted by Gasteiger charge is -2.31. The first-order valence-electron chi connectivity index (χ1n) is 14.9. The number of aromatic nitrogens is 5. The molecule has 0 bridgehead atoms. The minimum absolute atomic E-state index is 0.106. The molecule has 0 unspecified atom stereocenters. The second-order valence-corrected chi connectivity index (χ2v) is 11.3. The molecule has 3 aromatic carbocycles. The van der Waals surface area contributed by atoms with Gasteiger partial charge in [-0.3, -0.25) is 19.1 Å². The third kappa shape index (κ3) is 5.46. The summed E-state index contributed by atoms with van der Waals surface area (Å²) >= 11 is 0. The van der Waals surface area contributed by atoms with Gasteiger partial charge in [0.2, 0.25) is 5.78 Å². The van der Waals surface area contributed by atoms with Gasteiger partial charge in [0.05, 0.1) is 47.7 Å². The van der Waals surface area contributed by atoms with Crippen LogP contribution in [-0.2, 0) is 4.74 Å². The van der Waals surface area contributed by atoms with E-state index in [4.69, 9.17) is 15.2 Å². The largest absolute Gasteiger partial charge is 0.454 e. The van der Waals surface area contributed by atoms with E-state index in [1.54, 1.807) is 55.5 Å². The average Bonchev–Trinajstić information content (AvgIpc) is 3.64. The van der Waals surface area contributed by atoms with Crippen LogP contribution in [0.4, 0.5) is 15.9 Å². The van der Waals surface area contributed by atoms with Crippen LogP contribution in [0.2, 0.25) is 0 Å². The normalized spacial score (nSPS) is 13.3. The van der Waals surface area contributed by atoms with Gasteiger partial charge < -0.3 is 25.1 Å². The fourth-order valence-electron chi connectivity index (χ4n) is 5.88. The molecule has 6 aromatic rings. The van der Waals surface area contributed by atoms with Crippen molar-refractivity contribution < 1.29 is 18.7 Å². The van der Waals surface area contributed by atoms with Crippen molar-refractivity contribution in [1.29, 1.82) is 0 Å². The highest BCUT2D eigenvalue weighted by Crippen LogP contribution is 2.33. The van der Waals surface area contributed by atoms with Gasteiger partial charge in [-0.05, 0) is 67.9 Å². The number of hydrogen-bond acceptors (Lipinski definition) is 8. The number of fused-ring (bicyclic) bond motifs is 1. The molecule has 7 rings (SSSR count). The number of nitrogen functional groups attached to an aromatic ring is 1. The Kier molecular flexibility index (Phi) is 7.45. The molecule has 1 aliphatic rings. The van der Waals surface area contributed by atoms with Crippen molar-refractivity contribution in [3.63, 3.8) is 0 Å². The van der Waals surface area contributed by atoms with Crippen LogP contribution in [0.1, 0.15) is 27.3 Å². The number of para-hydroxylation sites is 1. The second-order valence-electron chi connectivity index (χ2n) is 11.3. The first-order valence-corrected chi connectivity index (χ1v) is 14.9.